The van der Waals surface area contributed by atoms with E-state index in [1.54, 1.807) is 6.07 Å². The number of hydrogen-bond acceptors (Lipinski definition) is 7. The van der Waals surface area contributed by atoms with Crippen LogP contribution in [0.4, 0.5) is 10.2 Å². The highest BCUT2D eigenvalue weighted by atomic mass is 19.1. The van der Waals surface area contributed by atoms with Crippen molar-refractivity contribution in [3.8, 4) is 0 Å². The number of ether oxygens (including phenoxy) is 3. The highest BCUT2D eigenvalue weighted by Gasteiger charge is 2.42. The summed E-state index contributed by atoms with van der Waals surface area (Å²) in [6, 6.07) is 6.73. The molecule has 1 N–H and O–H groups in total. The molecule has 0 radical (unpaired) electrons. The summed E-state index contributed by atoms with van der Waals surface area (Å²) in [5.74, 6) is 0.343. The van der Waals surface area contributed by atoms with Gasteiger partial charge in [0.2, 0.25) is 0 Å². The van der Waals surface area contributed by atoms with Gasteiger partial charge in [-0.3, -0.25) is 4.90 Å². The molecule has 1 aromatic carbocycles. The summed E-state index contributed by atoms with van der Waals surface area (Å²) in [5.41, 5.74) is 4.31. The van der Waals surface area contributed by atoms with E-state index in [2.05, 4.69) is 17.4 Å². The third-order valence-corrected chi connectivity index (χ3v) is 7.99. The molecule has 0 aliphatic carbocycles. The smallest absolute Gasteiger partial charge is 0.327 e. The minimum absolute atomic E-state index is 0.0594. The van der Waals surface area contributed by atoms with Gasteiger partial charge in [-0.15, -0.1) is 0 Å². The largest absolute Gasteiger partial charge is 0.468 e. The number of hydrogen-bond donors (Lipinski definition) is 1. The van der Waals surface area contributed by atoms with E-state index in [-0.39, 0.29) is 17.9 Å². The molecule has 2 aromatic rings. The van der Waals surface area contributed by atoms with Crippen molar-refractivity contribution >= 4 is 11.8 Å². The number of unbranched alkanes of at least 4 members (excludes halogenated alkanes) is 2. The van der Waals surface area contributed by atoms with Gasteiger partial charge in [-0.05, 0) is 92.8 Å². The van der Waals surface area contributed by atoms with E-state index in [1.165, 1.54) is 25.2 Å². The summed E-state index contributed by atoms with van der Waals surface area (Å²) >= 11 is 0. The third kappa shape index (κ3) is 5.87. The number of anilines is 1. The number of esters is 1. The zero-order valence-corrected chi connectivity index (χ0v) is 22.9. The normalized spacial score (nSPS) is 19.6. The quantitative estimate of drug-likeness (QED) is 0.356. The SMILES string of the molecule is COC(=O)C(c1cc(F)cc2c1C(C)(C)OCC2)N1CC(OCCCCCc2ccc3c(n2)NCCC3)C1. The Bertz CT molecular complexity index is 1150. The average Bonchev–Trinajstić information content (AvgIpc) is 2.87. The molecule has 0 spiro atoms. The number of nitrogens with one attached hydrogen (secondary N) is 1. The van der Waals surface area contributed by atoms with Crippen LogP contribution < -0.4 is 5.32 Å². The number of methoxy groups -OCH3 is 1. The summed E-state index contributed by atoms with van der Waals surface area (Å²) < 4.78 is 31.9. The van der Waals surface area contributed by atoms with E-state index in [0.29, 0.717) is 38.3 Å². The average molecular weight is 526 g/mol. The number of aryl methyl sites for hydroxylation is 2. The van der Waals surface area contributed by atoms with Gasteiger partial charge in [0.25, 0.3) is 0 Å². The van der Waals surface area contributed by atoms with Gasteiger partial charge in [-0.1, -0.05) is 12.5 Å². The van der Waals surface area contributed by atoms with Gasteiger partial charge < -0.3 is 19.5 Å². The molecule has 1 saturated heterocycles. The predicted octanol–water partition coefficient (Wildman–Crippen LogP) is 4.71. The molecular weight excluding hydrogens is 485 g/mol. The minimum Gasteiger partial charge on any atom is -0.468 e. The van der Waals surface area contributed by atoms with Crippen LogP contribution in [0.1, 0.15) is 73.5 Å². The molecule has 1 unspecified atom stereocenters. The van der Waals surface area contributed by atoms with E-state index < -0.39 is 11.6 Å². The molecule has 8 heteroatoms. The van der Waals surface area contributed by atoms with E-state index in [9.17, 15) is 9.18 Å². The molecule has 3 aliphatic rings. The molecule has 1 atom stereocenters. The lowest BCUT2D eigenvalue weighted by molar-refractivity contribution is -0.154. The number of benzene rings is 1. The molecule has 0 bridgehead atoms. The fourth-order valence-corrected chi connectivity index (χ4v) is 6.04. The first-order chi connectivity index (χ1) is 18.4. The van der Waals surface area contributed by atoms with Crippen LogP contribution in [0, 0.1) is 5.82 Å². The molecular formula is C30H40FN3O4. The highest BCUT2D eigenvalue weighted by molar-refractivity contribution is 5.78. The van der Waals surface area contributed by atoms with Crippen LogP contribution in [0.5, 0.6) is 0 Å². The summed E-state index contributed by atoms with van der Waals surface area (Å²) in [4.78, 5) is 19.7. The molecule has 1 aromatic heterocycles. The molecule has 206 valence electrons. The Hall–Kier alpha value is -2.55. The molecule has 0 amide bonds. The van der Waals surface area contributed by atoms with Crippen LogP contribution in [-0.4, -0.2) is 61.9 Å². The lowest BCUT2D eigenvalue weighted by Gasteiger charge is -2.45. The molecule has 7 nitrogen and oxygen atoms in total. The van der Waals surface area contributed by atoms with Crippen molar-refractivity contribution in [3.63, 3.8) is 0 Å². The number of rotatable bonds is 10. The number of fused-ring (bicyclic) bond motifs is 2. The maximum atomic E-state index is 14.6. The Labute approximate surface area is 225 Å². The van der Waals surface area contributed by atoms with E-state index in [4.69, 9.17) is 19.2 Å². The third-order valence-electron chi connectivity index (χ3n) is 7.99. The number of nitrogens with zero attached hydrogens (tertiary/aromatic N) is 2. The zero-order valence-electron chi connectivity index (χ0n) is 22.9. The first kappa shape index (κ1) is 27.0. The van der Waals surface area contributed by atoms with Crippen molar-refractivity contribution in [2.24, 2.45) is 0 Å². The Kier molecular flexibility index (Phi) is 8.31. The lowest BCUT2D eigenvalue weighted by atomic mass is 9.82. The summed E-state index contributed by atoms with van der Waals surface area (Å²) in [7, 11) is 1.38. The molecule has 0 saturated carbocycles. The Morgan fingerprint density at radius 1 is 1.21 bits per heavy atom. The van der Waals surface area contributed by atoms with Gasteiger partial charge in [-0.2, -0.15) is 0 Å². The molecule has 4 heterocycles. The standard InChI is InChI=1S/C30H40FN3O4/c1-30(2)26-21(12-15-38-30)16-22(31)17-25(26)27(29(35)36-3)34-18-24(19-34)37-14-6-4-5-9-23-11-10-20-8-7-13-32-28(20)33-23/h10-11,16-17,24,27H,4-9,12-15,18-19H2,1-3H3,(H,32,33). The molecule has 1 fully saturated rings. The van der Waals surface area contributed by atoms with Gasteiger partial charge in [-0.25, -0.2) is 14.2 Å². The second-order valence-corrected chi connectivity index (χ2v) is 11.2. The van der Waals surface area contributed by atoms with Gasteiger partial charge in [0, 0.05) is 31.9 Å². The monoisotopic (exact) mass is 525 g/mol. The molecule has 3 aliphatic heterocycles. The Morgan fingerprint density at radius 3 is 2.87 bits per heavy atom. The summed E-state index contributed by atoms with van der Waals surface area (Å²) in [6.45, 7) is 7.40. The van der Waals surface area contributed by atoms with Crippen LogP contribution >= 0.6 is 0 Å². The van der Waals surface area contributed by atoms with Crippen LogP contribution in [0.15, 0.2) is 24.3 Å². The van der Waals surface area contributed by atoms with E-state index >= 15 is 0 Å². The zero-order chi connectivity index (χ0) is 26.7. The van der Waals surface area contributed by atoms with Gasteiger partial charge in [0.1, 0.15) is 17.7 Å². The first-order valence-electron chi connectivity index (χ1n) is 14.0. The molecule has 5 rings (SSSR count). The Balaban J connectivity index is 1.11. The van der Waals surface area contributed by atoms with Gasteiger partial charge in [0.05, 0.1) is 25.4 Å². The summed E-state index contributed by atoms with van der Waals surface area (Å²) in [6.07, 6.45) is 7.11. The maximum Gasteiger partial charge on any atom is 0.327 e. The van der Waals surface area contributed by atoms with Crippen molar-refractivity contribution in [1.82, 2.24) is 9.88 Å². The Morgan fingerprint density at radius 2 is 2.05 bits per heavy atom. The number of carbonyl (C=O) groups excluding carboxylic acids is 1. The van der Waals surface area contributed by atoms with Crippen molar-refractivity contribution < 1.29 is 23.4 Å². The summed E-state index contributed by atoms with van der Waals surface area (Å²) in [5, 5.41) is 3.40. The predicted molar refractivity (Wildman–Crippen MR) is 144 cm³/mol. The topological polar surface area (TPSA) is 72.9 Å². The number of carbonyl (C=O) groups is 1. The van der Waals surface area contributed by atoms with Crippen molar-refractivity contribution in [2.45, 2.75) is 76.5 Å². The van der Waals surface area contributed by atoms with Crippen LogP contribution in [0.25, 0.3) is 0 Å². The number of halogens is 1. The minimum atomic E-state index is -0.677. The van der Waals surface area contributed by atoms with Crippen LogP contribution in [-0.2, 0) is 43.9 Å². The fourth-order valence-electron chi connectivity index (χ4n) is 6.04. The van der Waals surface area contributed by atoms with E-state index in [0.717, 1.165) is 61.3 Å². The maximum absolute atomic E-state index is 14.6. The van der Waals surface area contributed by atoms with Gasteiger partial charge in [0.15, 0.2) is 0 Å². The van der Waals surface area contributed by atoms with Crippen LogP contribution in [0.2, 0.25) is 0 Å². The second-order valence-electron chi connectivity index (χ2n) is 11.2. The van der Waals surface area contributed by atoms with Crippen LogP contribution in [0.3, 0.4) is 0 Å². The fraction of sp³-hybridized carbons (Fsp3) is 0.600. The highest BCUT2D eigenvalue weighted by Crippen LogP contribution is 2.41. The van der Waals surface area contributed by atoms with Crippen molar-refractivity contribution in [2.75, 3.05) is 45.3 Å². The lowest BCUT2D eigenvalue weighted by Crippen LogP contribution is -2.55. The van der Waals surface area contributed by atoms with Crippen molar-refractivity contribution in [1.29, 1.82) is 0 Å². The van der Waals surface area contributed by atoms with Gasteiger partial charge >= 0.3 is 5.97 Å². The van der Waals surface area contributed by atoms with Crippen molar-refractivity contribution in [3.05, 3.63) is 58.0 Å². The first-order valence-corrected chi connectivity index (χ1v) is 14.0. The molecule has 38 heavy (non-hydrogen) atoms. The number of pyridine rings is 1. The number of aromatic nitrogens is 1. The van der Waals surface area contributed by atoms with E-state index in [1.807, 2.05) is 18.7 Å². The second kappa shape index (κ2) is 11.7. The number of likely N-dealkylation sites (tertiary alicyclic amines) is 1.